The number of rotatable bonds is 4. The van der Waals surface area contributed by atoms with E-state index in [4.69, 9.17) is 12.8 Å². The summed E-state index contributed by atoms with van der Waals surface area (Å²) < 4.78 is 2.40. The molecule has 0 atom stereocenters. The zero-order chi connectivity index (χ0) is 21.5. The fourth-order valence-corrected chi connectivity index (χ4v) is 5.52. The minimum absolute atomic E-state index is 0.878. The average Bonchev–Trinajstić information content (AvgIpc) is 3.34. The Bertz CT molecular complexity index is 1330. The molecule has 0 saturated carbocycles. The summed E-state index contributed by atoms with van der Waals surface area (Å²) in [5.74, 6) is 18.8. The predicted octanol–water partition coefficient (Wildman–Crippen LogP) is 7.43. The van der Waals surface area contributed by atoms with Crippen LogP contribution in [-0.4, -0.2) is 0 Å². The van der Waals surface area contributed by atoms with Crippen LogP contribution in [0.3, 0.4) is 0 Å². The molecule has 0 fully saturated rings. The molecule has 0 N–H and O–H groups in total. The second kappa shape index (κ2) is 10.1. The predicted molar refractivity (Wildman–Crippen MR) is 136 cm³/mol. The van der Waals surface area contributed by atoms with E-state index in [0.717, 1.165) is 63.8 Å². The van der Waals surface area contributed by atoms with Gasteiger partial charge in [0.05, 0.1) is 20.9 Å². The molecule has 0 aliphatic heterocycles. The summed E-state index contributed by atoms with van der Waals surface area (Å²) in [5.41, 5.74) is 1.85. The van der Waals surface area contributed by atoms with E-state index >= 15 is 0 Å². The van der Waals surface area contributed by atoms with E-state index in [2.05, 4.69) is 59.8 Å². The molecule has 0 radical (unpaired) electrons. The van der Waals surface area contributed by atoms with Crippen molar-refractivity contribution in [2.75, 3.05) is 0 Å². The van der Waals surface area contributed by atoms with Gasteiger partial charge in [-0.15, -0.1) is 35.5 Å². The van der Waals surface area contributed by atoms with Crippen molar-refractivity contribution in [1.29, 1.82) is 0 Å². The molecule has 2 aromatic heterocycles. The first-order chi connectivity index (χ1) is 15.3. The fourth-order valence-electron chi connectivity index (χ4n) is 3.44. The van der Waals surface area contributed by atoms with Gasteiger partial charge in [0.1, 0.15) is 0 Å². The summed E-state index contributed by atoms with van der Waals surface area (Å²) in [6.45, 7) is 0. The Morgan fingerprint density at radius 2 is 1.06 bits per heavy atom. The SMILES string of the molecule is C#Cc1c(C#CCCCCCC#Cc2sc3ccccc3c2C#C)sc2ccccc12. The second-order valence-electron chi connectivity index (χ2n) is 7.06. The number of benzene rings is 2. The zero-order valence-corrected chi connectivity index (χ0v) is 18.8. The van der Waals surface area contributed by atoms with Crippen molar-refractivity contribution in [2.24, 2.45) is 0 Å². The van der Waals surface area contributed by atoms with Crippen LogP contribution in [0.1, 0.15) is 53.0 Å². The molecule has 148 valence electrons. The van der Waals surface area contributed by atoms with E-state index in [-0.39, 0.29) is 0 Å². The van der Waals surface area contributed by atoms with Gasteiger partial charge in [-0.2, -0.15) is 0 Å². The molecule has 4 rings (SSSR count). The summed E-state index contributed by atoms with van der Waals surface area (Å²) in [6, 6.07) is 16.4. The largest absolute Gasteiger partial charge is 0.125 e. The fraction of sp³-hybridized carbons (Fsp3) is 0.172. The van der Waals surface area contributed by atoms with Crippen molar-refractivity contribution in [3.05, 3.63) is 69.4 Å². The Morgan fingerprint density at radius 1 is 0.613 bits per heavy atom. The molecule has 2 heterocycles. The van der Waals surface area contributed by atoms with E-state index in [1.807, 2.05) is 24.3 Å². The molecule has 0 saturated heterocycles. The van der Waals surface area contributed by atoms with Gasteiger partial charge in [0, 0.05) is 33.0 Å². The van der Waals surface area contributed by atoms with Crippen LogP contribution in [0.15, 0.2) is 48.5 Å². The van der Waals surface area contributed by atoms with Crippen molar-refractivity contribution >= 4 is 42.8 Å². The molecule has 0 aliphatic carbocycles. The third kappa shape index (κ3) is 4.69. The highest BCUT2D eigenvalue weighted by molar-refractivity contribution is 7.20. The number of hydrogen-bond donors (Lipinski definition) is 0. The van der Waals surface area contributed by atoms with Gasteiger partial charge < -0.3 is 0 Å². The molecule has 0 bridgehead atoms. The van der Waals surface area contributed by atoms with Gasteiger partial charge in [-0.05, 0) is 25.0 Å². The van der Waals surface area contributed by atoms with Crippen molar-refractivity contribution < 1.29 is 0 Å². The molecular formula is C29H20S2. The summed E-state index contributed by atoms with van der Waals surface area (Å²) in [4.78, 5) is 2.00. The number of hydrogen-bond acceptors (Lipinski definition) is 2. The average molecular weight is 433 g/mol. The number of unbranched alkanes of at least 4 members (excludes halogenated alkanes) is 4. The van der Waals surface area contributed by atoms with Crippen LogP contribution in [0.5, 0.6) is 0 Å². The van der Waals surface area contributed by atoms with E-state index in [1.54, 1.807) is 22.7 Å². The lowest BCUT2D eigenvalue weighted by atomic mass is 10.1. The minimum atomic E-state index is 0.878. The maximum Gasteiger partial charge on any atom is 0.0937 e. The highest BCUT2D eigenvalue weighted by Gasteiger charge is 2.08. The first kappa shape index (κ1) is 20.9. The Kier molecular flexibility index (Phi) is 6.78. The van der Waals surface area contributed by atoms with Crippen LogP contribution in [-0.2, 0) is 0 Å². The van der Waals surface area contributed by atoms with E-state index in [1.165, 1.54) is 9.40 Å². The van der Waals surface area contributed by atoms with Crippen molar-refractivity contribution in [1.82, 2.24) is 0 Å². The van der Waals surface area contributed by atoms with Gasteiger partial charge >= 0.3 is 0 Å². The highest BCUT2D eigenvalue weighted by atomic mass is 32.1. The Hall–Kier alpha value is -3.40. The molecular weight excluding hydrogens is 412 g/mol. The van der Waals surface area contributed by atoms with Gasteiger partial charge in [-0.25, -0.2) is 0 Å². The maximum absolute atomic E-state index is 5.71. The lowest BCUT2D eigenvalue weighted by molar-refractivity contribution is 0.709. The van der Waals surface area contributed by atoms with E-state index in [9.17, 15) is 0 Å². The maximum atomic E-state index is 5.71. The van der Waals surface area contributed by atoms with Gasteiger partial charge in [0.15, 0.2) is 0 Å². The first-order valence-electron chi connectivity index (χ1n) is 10.3. The number of terminal acetylenes is 2. The molecule has 31 heavy (non-hydrogen) atoms. The van der Waals surface area contributed by atoms with Crippen molar-refractivity contribution in [3.8, 4) is 48.4 Å². The van der Waals surface area contributed by atoms with Crippen molar-refractivity contribution in [2.45, 2.75) is 32.1 Å². The third-order valence-corrected chi connectivity index (χ3v) is 7.16. The zero-order valence-electron chi connectivity index (χ0n) is 17.1. The molecule has 0 spiro atoms. The van der Waals surface area contributed by atoms with Gasteiger partial charge in [0.2, 0.25) is 0 Å². The third-order valence-electron chi connectivity index (χ3n) is 4.99. The van der Waals surface area contributed by atoms with Crippen LogP contribution in [0.2, 0.25) is 0 Å². The standard InChI is InChI=1S/C29H20S2/c1-3-22-24-16-12-14-20-28(24)30-26(22)18-10-8-6-5-7-9-11-19-27-23(4-2)25-17-13-15-21-29(25)31-27/h1-2,12-17,20-21H,5-9H2. The van der Waals surface area contributed by atoms with Crippen LogP contribution in [0.4, 0.5) is 0 Å². The monoisotopic (exact) mass is 432 g/mol. The van der Waals surface area contributed by atoms with Gasteiger partial charge in [-0.1, -0.05) is 78.3 Å². The molecule has 4 aromatic rings. The van der Waals surface area contributed by atoms with Crippen LogP contribution in [0.25, 0.3) is 20.2 Å². The highest BCUT2D eigenvalue weighted by Crippen LogP contribution is 2.31. The Balaban J connectivity index is 1.27. The molecule has 0 unspecified atom stereocenters. The number of fused-ring (bicyclic) bond motifs is 2. The van der Waals surface area contributed by atoms with Crippen molar-refractivity contribution in [3.63, 3.8) is 0 Å². The Labute approximate surface area is 192 Å². The molecule has 2 heteroatoms. The molecule has 2 aromatic carbocycles. The quantitative estimate of drug-likeness (QED) is 0.232. The normalized spacial score (nSPS) is 10.0. The summed E-state index contributed by atoms with van der Waals surface area (Å²) in [7, 11) is 0. The second-order valence-corrected chi connectivity index (χ2v) is 9.16. The minimum Gasteiger partial charge on any atom is -0.125 e. The van der Waals surface area contributed by atoms with E-state index in [0.29, 0.717) is 0 Å². The van der Waals surface area contributed by atoms with Crippen LogP contribution >= 0.6 is 22.7 Å². The van der Waals surface area contributed by atoms with E-state index < -0.39 is 0 Å². The van der Waals surface area contributed by atoms with Crippen LogP contribution in [0, 0.1) is 48.4 Å². The Morgan fingerprint density at radius 3 is 1.52 bits per heavy atom. The molecule has 0 amide bonds. The van der Waals surface area contributed by atoms with Gasteiger partial charge in [-0.3, -0.25) is 0 Å². The van der Waals surface area contributed by atoms with Gasteiger partial charge in [0.25, 0.3) is 0 Å². The topological polar surface area (TPSA) is 0 Å². The number of thiophene rings is 2. The lowest BCUT2D eigenvalue weighted by Gasteiger charge is -1.93. The molecule has 0 nitrogen and oxygen atoms in total. The summed E-state index contributed by atoms with van der Waals surface area (Å²) >= 11 is 3.36. The first-order valence-corrected chi connectivity index (χ1v) is 11.9. The smallest absolute Gasteiger partial charge is 0.0937 e. The summed E-state index contributed by atoms with van der Waals surface area (Å²) in [6.07, 6.45) is 16.4. The lowest BCUT2D eigenvalue weighted by Crippen LogP contribution is -1.78. The molecule has 0 aliphatic rings. The van der Waals surface area contributed by atoms with Crippen LogP contribution < -0.4 is 0 Å². The summed E-state index contributed by atoms with van der Waals surface area (Å²) in [5, 5.41) is 2.26.